The van der Waals surface area contributed by atoms with Crippen molar-refractivity contribution in [2.75, 3.05) is 37.5 Å². The number of piperazine rings is 1. The summed E-state index contributed by atoms with van der Waals surface area (Å²) in [6.07, 6.45) is 1.47. The van der Waals surface area contributed by atoms with E-state index in [9.17, 15) is 14.9 Å². The number of nitriles is 1. The van der Waals surface area contributed by atoms with Crippen LogP contribution in [0.25, 0.3) is 10.9 Å². The summed E-state index contributed by atoms with van der Waals surface area (Å²) in [5.74, 6) is 0.0355. The first kappa shape index (κ1) is 27.0. The molecule has 5 rings (SSSR count). The van der Waals surface area contributed by atoms with E-state index in [0.717, 1.165) is 21.3 Å². The number of nitrogens with zero attached hydrogens (tertiary/aromatic N) is 4. The van der Waals surface area contributed by atoms with Crippen molar-refractivity contribution >= 4 is 45.4 Å². The third kappa shape index (κ3) is 5.29. The third-order valence-electron chi connectivity index (χ3n) is 6.06. The van der Waals surface area contributed by atoms with Crippen LogP contribution in [-0.2, 0) is 6.54 Å². The molecule has 2 aromatic heterocycles. The molecule has 4 aromatic rings. The first-order valence-electron chi connectivity index (χ1n) is 11.2. The predicted molar refractivity (Wildman–Crippen MR) is 148 cm³/mol. The van der Waals surface area contributed by atoms with Crippen molar-refractivity contribution < 1.29 is 4.79 Å². The molecule has 2 aromatic carbocycles. The smallest absolute Gasteiger partial charge is 0.271 e. The maximum atomic E-state index is 13.5. The van der Waals surface area contributed by atoms with E-state index in [-0.39, 0.29) is 23.2 Å². The van der Waals surface area contributed by atoms with Gasteiger partial charge in [-0.25, -0.2) is 0 Å². The van der Waals surface area contributed by atoms with E-state index in [4.69, 9.17) is 0 Å². The summed E-state index contributed by atoms with van der Waals surface area (Å²) >= 11 is 6.08. The molecule has 7 nitrogen and oxygen atoms in total. The van der Waals surface area contributed by atoms with Crippen molar-refractivity contribution in [1.82, 2.24) is 15.6 Å². The largest absolute Gasteiger partial charge is 0.366 e. The molecule has 0 bridgehead atoms. The van der Waals surface area contributed by atoms with Gasteiger partial charge in [0.1, 0.15) is 11.6 Å². The van der Waals surface area contributed by atoms with Crippen LogP contribution in [-0.4, -0.2) is 47.9 Å². The average molecular weight is 522 g/mol. The Morgan fingerprint density at radius 2 is 1.64 bits per heavy atom. The zero-order chi connectivity index (χ0) is 24.8. The van der Waals surface area contributed by atoms with Gasteiger partial charge in [0.25, 0.3) is 11.5 Å². The fourth-order valence-electron chi connectivity index (χ4n) is 4.43. The van der Waals surface area contributed by atoms with Crippen LogP contribution in [0.3, 0.4) is 0 Å². The van der Waals surface area contributed by atoms with Gasteiger partial charge in [0.15, 0.2) is 0 Å². The minimum Gasteiger partial charge on any atom is -0.366 e. The Morgan fingerprint density at radius 3 is 2.28 bits per heavy atom. The summed E-state index contributed by atoms with van der Waals surface area (Å²) in [4.78, 5) is 30.8. The number of anilines is 1. The Bertz CT molecular complexity index is 1410. The number of pyridine rings is 1. The van der Waals surface area contributed by atoms with E-state index in [1.807, 2.05) is 77.0 Å². The van der Waals surface area contributed by atoms with E-state index in [0.29, 0.717) is 38.4 Å². The maximum absolute atomic E-state index is 13.5. The predicted octanol–water partition coefficient (Wildman–Crippen LogP) is 4.96. The number of benzene rings is 2. The molecule has 9 heteroatoms. The van der Waals surface area contributed by atoms with Crippen molar-refractivity contribution in [3.63, 3.8) is 0 Å². The fraction of sp³-hybridized carbons (Fsp3) is 0.222. The number of rotatable bonds is 4. The second kappa shape index (κ2) is 12.4. The first-order valence-corrected chi connectivity index (χ1v) is 12.9. The van der Waals surface area contributed by atoms with Crippen LogP contribution in [0.1, 0.15) is 20.8 Å². The van der Waals surface area contributed by atoms with E-state index < -0.39 is 0 Å². The zero-order valence-electron chi connectivity index (χ0n) is 20.1. The normalized spacial score (nSPS) is 12.8. The van der Waals surface area contributed by atoms with Crippen molar-refractivity contribution in [2.24, 2.45) is 0 Å². The molecular formula is C27H28ClN5O2S. The number of halogens is 1. The number of para-hydroxylation sites is 1. The van der Waals surface area contributed by atoms with Crippen LogP contribution in [0, 0.1) is 11.3 Å². The molecule has 186 valence electrons. The highest BCUT2D eigenvalue weighted by atomic mass is 35.5. The van der Waals surface area contributed by atoms with Crippen molar-refractivity contribution in [1.29, 1.82) is 5.26 Å². The van der Waals surface area contributed by atoms with Gasteiger partial charge in [-0.3, -0.25) is 9.59 Å². The van der Waals surface area contributed by atoms with E-state index >= 15 is 0 Å². The number of hydrogen-bond donors (Lipinski definition) is 1. The average Bonchev–Trinajstić information content (AvgIpc) is 3.46. The Morgan fingerprint density at radius 1 is 0.972 bits per heavy atom. The molecule has 0 spiro atoms. The van der Waals surface area contributed by atoms with E-state index in [1.54, 1.807) is 4.57 Å². The molecule has 0 atom stereocenters. The molecule has 0 saturated carbocycles. The number of fused-ring (bicyclic) bond motifs is 1. The van der Waals surface area contributed by atoms with Crippen LogP contribution in [0.5, 0.6) is 0 Å². The minimum atomic E-state index is -0.285. The second-order valence-corrected chi connectivity index (χ2v) is 8.93. The summed E-state index contributed by atoms with van der Waals surface area (Å²) in [5.41, 5.74) is 2.35. The standard InChI is InChI=1S/C26H22N4O2S.CH3Cl.H3N/c27-17-21-24(28-12-14-29(15-13-28)26(32)23-11-6-16-33-23)20-9-4-5-10-22(20)30(25(21)31)18-19-7-2-1-3-8-19;1-2;/h1-11,16H,12-15,18H2;1H3;1H3. The Kier molecular flexibility index (Phi) is 9.25. The lowest BCUT2D eigenvalue weighted by Crippen LogP contribution is -2.49. The summed E-state index contributed by atoms with van der Waals surface area (Å²) in [7, 11) is 0. The van der Waals surface area contributed by atoms with Crippen LogP contribution in [0.4, 0.5) is 5.69 Å². The van der Waals surface area contributed by atoms with Gasteiger partial charge in [-0.05, 0) is 23.1 Å². The van der Waals surface area contributed by atoms with Crippen LogP contribution >= 0.6 is 22.9 Å². The number of alkyl halides is 1. The van der Waals surface area contributed by atoms with Crippen LogP contribution in [0.15, 0.2) is 76.9 Å². The van der Waals surface area contributed by atoms with Crippen LogP contribution < -0.4 is 16.6 Å². The SMILES string of the molecule is CCl.N.N#Cc1c(N2CCN(C(=O)c3cccs3)CC2)c2ccccc2n(Cc2ccccc2)c1=O. The summed E-state index contributed by atoms with van der Waals surface area (Å²) in [6.45, 7) is 2.63. The van der Waals surface area contributed by atoms with Gasteiger partial charge in [0, 0.05) is 37.9 Å². The summed E-state index contributed by atoms with van der Waals surface area (Å²) in [5, 5.41) is 12.8. The molecule has 1 aliphatic heterocycles. The lowest BCUT2D eigenvalue weighted by Gasteiger charge is -2.37. The monoisotopic (exact) mass is 521 g/mol. The number of hydrogen-bond acceptors (Lipinski definition) is 6. The topological polar surface area (TPSA) is 104 Å². The van der Waals surface area contributed by atoms with Crippen molar-refractivity contribution in [2.45, 2.75) is 6.54 Å². The highest BCUT2D eigenvalue weighted by Crippen LogP contribution is 2.30. The molecule has 0 aliphatic carbocycles. The molecule has 0 unspecified atom stereocenters. The Labute approximate surface area is 219 Å². The molecule has 36 heavy (non-hydrogen) atoms. The Hall–Kier alpha value is -3.64. The molecule has 3 N–H and O–H groups in total. The summed E-state index contributed by atoms with van der Waals surface area (Å²) in [6, 6.07) is 23.4. The van der Waals surface area contributed by atoms with E-state index in [1.165, 1.54) is 17.7 Å². The molecular weight excluding hydrogens is 494 g/mol. The van der Waals surface area contributed by atoms with Crippen molar-refractivity contribution in [3.8, 4) is 6.07 Å². The van der Waals surface area contributed by atoms with Gasteiger partial charge in [-0.1, -0.05) is 54.6 Å². The molecule has 1 saturated heterocycles. The number of carbonyl (C=O) groups excluding carboxylic acids is 1. The van der Waals surface area contributed by atoms with Gasteiger partial charge >= 0.3 is 0 Å². The van der Waals surface area contributed by atoms with Gasteiger partial charge in [-0.2, -0.15) is 5.26 Å². The van der Waals surface area contributed by atoms with Gasteiger partial charge in [0.05, 0.1) is 22.6 Å². The minimum absolute atomic E-state index is 0. The number of thiophene rings is 1. The first-order chi connectivity index (χ1) is 17.2. The number of amides is 1. The molecule has 1 aliphatic rings. The zero-order valence-corrected chi connectivity index (χ0v) is 21.6. The highest BCUT2D eigenvalue weighted by molar-refractivity contribution is 7.12. The maximum Gasteiger partial charge on any atom is 0.271 e. The molecule has 1 fully saturated rings. The lowest BCUT2D eigenvalue weighted by molar-refractivity contribution is 0.0751. The highest BCUT2D eigenvalue weighted by Gasteiger charge is 2.27. The number of carbonyl (C=O) groups is 1. The summed E-state index contributed by atoms with van der Waals surface area (Å²) < 4.78 is 1.68. The van der Waals surface area contributed by atoms with Gasteiger partial charge in [-0.15, -0.1) is 22.9 Å². The number of aromatic nitrogens is 1. The molecule has 3 heterocycles. The van der Waals surface area contributed by atoms with Crippen molar-refractivity contribution in [3.05, 3.63) is 98.5 Å². The molecule has 0 radical (unpaired) electrons. The third-order valence-corrected chi connectivity index (χ3v) is 6.91. The lowest BCUT2D eigenvalue weighted by atomic mass is 10.1. The van der Waals surface area contributed by atoms with Gasteiger partial charge in [0.2, 0.25) is 0 Å². The fourth-order valence-corrected chi connectivity index (χ4v) is 5.12. The van der Waals surface area contributed by atoms with Gasteiger partial charge < -0.3 is 20.5 Å². The second-order valence-electron chi connectivity index (χ2n) is 7.99. The molecule has 1 amide bonds. The Balaban J connectivity index is 0.00000117. The van der Waals surface area contributed by atoms with E-state index in [2.05, 4.69) is 22.6 Å². The quantitative estimate of drug-likeness (QED) is 0.382. The van der Waals surface area contributed by atoms with Crippen LogP contribution in [0.2, 0.25) is 0 Å².